The molecule has 0 saturated carbocycles. The van der Waals surface area contributed by atoms with Crippen molar-refractivity contribution in [3.8, 4) is 5.75 Å². The lowest BCUT2D eigenvalue weighted by molar-refractivity contribution is -0.118. The Balaban J connectivity index is 1.59. The Morgan fingerprint density at radius 2 is 1.82 bits per heavy atom. The molecule has 0 bridgehead atoms. The van der Waals surface area contributed by atoms with Gasteiger partial charge in [0.2, 0.25) is 0 Å². The monoisotopic (exact) mass is 436 g/mol. The van der Waals surface area contributed by atoms with Gasteiger partial charge in [-0.05, 0) is 88.9 Å². The first-order chi connectivity index (χ1) is 13.5. The summed E-state index contributed by atoms with van der Waals surface area (Å²) in [4.78, 5) is 16.5. The summed E-state index contributed by atoms with van der Waals surface area (Å²) in [5, 5.41) is 2.79. The Labute approximate surface area is 173 Å². The summed E-state index contributed by atoms with van der Waals surface area (Å²) in [6.45, 7) is 4.09. The summed E-state index contributed by atoms with van der Waals surface area (Å²) in [6.07, 6.45) is 1.81. The predicted molar refractivity (Wildman–Crippen MR) is 118 cm³/mol. The number of amides is 1. The first-order valence-corrected chi connectivity index (χ1v) is 9.69. The number of para-hydroxylation sites is 1. The summed E-state index contributed by atoms with van der Waals surface area (Å²) in [5.74, 6) is 0.394. The van der Waals surface area contributed by atoms with Crippen molar-refractivity contribution >= 4 is 39.4 Å². The van der Waals surface area contributed by atoms with Gasteiger partial charge in [-0.3, -0.25) is 9.79 Å². The lowest BCUT2D eigenvalue weighted by Gasteiger charge is -2.09. The van der Waals surface area contributed by atoms with Crippen LogP contribution in [0.5, 0.6) is 5.75 Å². The molecular weight excluding hydrogens is 416 g/mol. The van der Waals surface area contributed by atoms with Gasteiger partial charge in [-0.2, -0.15) is 0 Å². The van der Waals surface area contributed by atoms with Crippen molar-refractivity contribution in [3.63, 3.8) is 0 Å². The number of ether oxygens (including phenoxy) is 1. The molecule has 0 saturated heterocycles. The number of aryl methyl sites for hydroxylation is 2. The standard InChI is InChI=1S/C23H21BrN2O2/c1-16-8-10-20(12-17(16)2)25-14-18-9-11-22(21(24)13-18)28-15-23(27)26-19-6-4-3-5-7-19/h3-14H,15H2,1-2H3,(H,26,27). The zero-order valence-corrected chi connectivity index (χ0v) is 17.4. The van der Waals surface area contributed by atoms with Gasteiger partial charge >= 0.3 is 0 Å². The van der Waals surface area contributed by atoms with E-state index in [2.05, 4.69) is 52.2 Å². The Morgan fingerprint density at radius 1 is 1.04 bits per heavy atom. The summed E-state index contributed by atoms with van der Waals surface area (Å²) in [5.41, 5.74) is 5.06. The van der Waals surface area contributed by atoms with Crippen LogP contribution < -0.4 is 10.1 Å². The molecule has 0 atom stereocenters. The maximum Gasteiger partial charge on any atom is 0.262 e. The number of carbonyl (C=O) groups excluding carboxylic acids is 1. The lowest BCUT2D eigenvalue weighted by atomic mass is 10.1. The van der Waals surface area contributed by atoms with Crippen LogP contribution in [-0.2, 0) is 4.79 Å². The molecular formula is C23H21BrN2O2. The maximum atomic E-state index is 12.0. The number of benzene rings is 3. The minimum atomic E-state index is -0.210. The Morgan fingerprint density at radius 3 is 2.54 bits per heavy atom. The van der Waals surface area contributed by atoms with Crippen molar-refractivity contribution in [1.29, 1.82) is 0 Å². The number of anilines is 1. The average molecular weight is 437 g/mol. The molecule has 0 aliphatic rings. The molecule has 0 spiro atoms. The van der Waals surface area contributed by atoms with E-state index in [1.807, 2.05) is 54.6 Å². The second-order valence-corrected chi connectivity index (χ2v) is 7.27. The van der Waals surface area contributed by atoms with Crippen LogP contribution in [0.25, 0.3) is 0 Å². The Kier molecular flexibility index (Phi) is 6.61. The quantitative estimate of drug-likeness (QED) is 0.493. The van der Waals surface area contributed by atoms with Crippen LogP contribution in [0.4, 0.5) is 11.4 Å². The van der Waals surface area contributed by atoms with E-state index in [-0.39, 0.29) is 12.5 Å². The van der Waals surface area contributed by atoms with Crippen molar-refractivity contribution in [2.75, 3.05) is 11.9 Å². The van der Waals surface area contributed by atoms with E-state index in [0.29, 0.717) is 5.75 Å². The van der Waals surface area contributed by atoms with Gasteiger partial charge in [0.25, 0.3) is 5.91 Å². The molecule has 142 valence electrons. The van der Waals surface area contributed by atoms with Gasteiger partial charge in [0.15, 0.2) is 6.61 Å². The minimum absolute atomic E-state index is 0.0659. The van der Waals surface area contributed by atoms with Crippen molar-refractivity contribution < 1.29 is 9.53 Å². The van der Waals surface area contributed by atoms with Crippen LogP contribution in [0.3, 0.4) is 0 Å². The van der Waals surface area contributed by atoms with Crippen LogP contribution in [0.1, 0.15) is 16.7 Å². The van der Waals surface area contributed by atoms with E-state index >= 15 is 0 Å². The summed E-state index contributed by atoms with van der Waals surface area (Å²) < 4.78 is 6.38. The molecule has 3 rings (SSSR count). The largest absolute Gasteiger partial charge is 0.483 e. The van der Waals surface area contributed by atoms with Crippen molar-refractivity contribution in [3.05, 3.63) is 87.9 Å². The summed E-state index contributed by atoms with van der Waals surface area (Å²) in [7, 11) is 0. The van der Waals surface area contributed by atoms with Crippen LogP contribution in [0.15, 0.2) is 76.2 Å². The average Bonchev–Trinajstić information content (AvgIpc) is 2.69. The summed E-state index contributed by atoms with van der Waals surface area (Å²) in [6, 6.07) is 21.0. The molecule has 0 heterocycles. The van der Waals surface area contributed by atoms with Gasteiger partial charge < -0.3 is 10.1 Å². The van der Waals surface area contributed by atoms with E-state index in [1.54, 1.807) is 6.21 Å². The van der Waals surface area contributed by atoms with Crippen LogP contribution in [-0.4, -0.2) is 18.7 Å². The highest BCUT2D eigenvalue weighted by molar-refractivity contribution is 9.10. The minimum Gasteiger partial charge on any atom is -0.483 e. The molecule has 1 N–H and O–H groups in total. The van der Waals surface area contributed by atoms with E-state index in [1.165, 1.54) is 11.1 Å². The number of aliphatic imine (C=N–C) groups is 1. The fraction of sp³-hybridized carbons (Fsp3) is 0.130. The third-order valence-electron chi connectivity index (χ3n) is 4.23. The zero-order valence-electron chi connectivity index (χ0n) is 15.8. The molecule has 0 aromatic heterocycles. The van der Waals surface area contributed by atoms with Gasteiger partial charge in [0.05, 0.1) is 10.2 Å². The van der Waals surface area contributed by atoms with E-state index < -0.39 is 0 Å². The smallest absolute Gasteiger partial charge is 0.262 e. The number of hydrogen-bond donors (Lipinski definition) is 1. The van der Waals surface area contributed by atoms with Crippen LogP contribution >= 0.6 is 15.9 Å². The van der Waals surface area contributed by atoms with Crippen LogP contribution in [0.2, 0.25) is 0 Å². The zero-order chi connectivity index (χ0) is 19.9. The highest BCUT2D eigenvalue weighted by Crippen LogP contribution is 2.26. The maximum absolute atomic E-state index is 12.0. The summed E-state index contributed by atoms with van der Waals surface area (Å²) >= 11 is 3.49. The molecule has 0 aliphatic heterocycles. The molecule has 0 aliphatic carbocycles. The first-order valence-electron chi connectivity index (χ1n) is 8.90. The predicted octanol–water partition coefficient (Wildman–Crippen LogP) is 5.83. The fourth-order valence-corrected chi connectivity index (χ4v) is 3.04. The lowest BCUT2D eigenvalue weighted by Crippen LogP contribution is -2.20. The number of nitrogens with one attached hydrogen (secondary N) is 1. The molecule has 5 heteroatoms. The Bertz CT molecular complexity index is 1000. The van der Waals surface area contributed by atoms with Gasteiger partial charge in [0.1, 0.15) is 5.75 Å². The Hall–Kier alpha value is -2.92. The number of rotatable bonds is 6. The SMILES string of the molecule is Cc1ccc(N=Cc2ccc(OCC(=O)Nc3ccccc3)c(Br)c2)cc1C. The number of halogens is 1. The second kappa shape index (κ2) is 9.33. The van der Waals surface area contributed by atoms with Gasteiger partial charge in [-0.25, -0.2) is 0 Å². The molecule has 28 heavy (non-hydrogen) atoms. The molecule has 3 aromatic carbocycles. The molecule has 0 radical (unpaired) electrons. The third-order valence-corrected chi connectivity index (χ3v) is 4.85. The molecule has 3 aromatic rings. The van der Waals surface area contributed by atoms with Crippen molar-refractivity contribution in [2.45, 2.75) is 13.8 Å². The highest BCUT2D eigenvalue weighted by Gasteiger charge is 2.07. The topological polar surface area (TPSA) is 50.7 Å². The third kappa shape index (κ3) is 5.54. The van der Waals surface area contributed by atoms with E-state index in [4.69, 9.17) is 4.74 Å². The molecule has 0 unspecified atom stereocenters. The highest BCUT2D eigenvalue weighted by atomic mass is 79.9. The normalized spacial score (nSPS) is 10.8. The van der Waals surface area contributed by atoms with E-state index in [9.17, 15) is 4.79 Å². The molecule has 0 fully saturated rings. The molecule has 4 nitrogen and oxygen atoms in total. The number of nitrogens with zero attached hydrogens (tertiary/aromatic N) is 1. The fourth-order valence-electron chi connectivity index (χ4n) is 2.53. The van der Waals surface area contributed by atoms with Gasteiger partial charge in [-0.1, -0.05) is 24.3 Å². The van der Waals surface area contributed by atoms with Crippen molar-refractivity contribution in [2.24, 2.45) is 4.99 Å². The number of hydrogen-bond acceptors (Lipinski definition) is 3. The number of carbonyl (C=O) groups is 1. The van der Waals surface area contributed by atoms with Gasteiger partial charge in [-0.15, -0.1) is 0 Å². The second-order valence-electron chi connectivity index (χ2n) is 6.42. The van der Waals surface area contributed by atoms with Gasteiger partial charge in [0, 0.05) is 11.9 Å². The van der Waals surface area contributed by atoms with Crippen LogP contribution in [0, 0.1) is 13.8 Å². The first kappa shape index (κ1) is 19.8. The molecule has 1 amide bonds. The van der Waals surface area contributed by atoms with E-state index in [0.717, 1.165) is 21.4 Å². The van der Waals surface area contributed by atoms with Crippen molar-refractivity contribution in [1.82, 2.24) is 0 Å².